The zero-order valence-electron chi connectivity index (χ0n) is 11.1. The largest absolute Gasteiger partial charge is 0.494 e. The summed E-state index contributed by atoms with van der Waals surface area (Å²) in [5.41, 5.74) is 8.91. The molecule has 2 aromatic rings. The van der Waals surface area contributed by atoms with Crippen molar-refractivity contribution in [3.8, 4) is 5.75 Å². The van der Waals surface area contributed by atoms with Gasteiger partial charge in [0.1, 0.15) is 0 Å². The molecule has 0 aliphatic rings. The number of halogens is 1. The summed E-state index contributed by atoms with van der Waals surface area (Å²) in [5.74, 6) is -0.116. The first-order valence-electron chi connectivity index (χ1n) is 6.10. The van der Waals surface area contributed by atoms with Crippen molar-refractivity contribution < 1.29 is 9.13 Å². The highest BCUT2D eigenvalue weighted by Crippen LogP contribution is 2.21. The molecule has 0 bridgehead atoms. The molecule has 0 saturated heterocycles. The average Bonchev–Trinajstić information content (AvgIpc) is 2.39. The molecular weight excluding hydrogens is 243 g/mol. The van der Waals surface area contributed by atoms with Crippen molar-refractivity contribution in [2.24, 2.45) is 5.73 Å². The third-order valence-electron chi connectivity index (χ3n) is 3.02. The molecule has 0 amide bonds. The summed E-state index contributed by atoms with van der Waals surface area (Å²) in [7, 11) is 1.45. The zero-order chi connectivity index (χ0) is 13.8. The topological polar surface area (TPSA) is 48.1 Å². The Kier molecular flexibility index (Phi) is 4.12. The van der Waals surface area contributed by atoms with Gasteiger partial charge in [0.25, 0.3) is 0 Å². The van der Waals surface area contributed by atoms with Crippen LogP contribution in [0.3, 0.4) is 0 Å². The molecule has 1 heterocycles. The van der Waals surface area contributed by atoms with E-state index in [1.807, 2.05) is 25.1 Å². The molecule has 3 nitrogen and oxygen atoms in total. The van der Waals surface area contributed by atoms with Crippen LogP contribution in [0.25, 0.3) is 0 Å². The van der Waals surface area contributed by atoms with Crippen LogP contribution in [-0.2, 0) is 6.42 Å². The molecule has 1 aromatic heterocycles. The van der Waals surface area contributed by atoms with Gasteiger partial charge in [-0.15, -0.1) is 0 Å². The van der Waals surface area contributed by atoms with Crippen molar-refractivity contribution in [3.05, 3.63) is 59.2 Å². The first-order valence-corrected chi connectivity index (χ1v) is 6.10. The molecule has 1 unspecified atom stereocenters. The van der Waals surface area contributed by atoms with E-state index in [1.165, 1.54) is 13.2 Å². The lowest BCUT2D eigenvalue weighted by atomic mass is 10.00. The SMILES string of the molecule is COc1ccc(CC(N)c2ccnc(C)c2)cc1F. The normalized spacial score (nSPS) is 12.2. The summed E-state index contributed by atoms with van der Waals surface area (Å²) in [5, 5.41) is 0. The average molecular weight is 260 g/mol. The molecule has 100 valence electrons. The standard InChI is InChI=1S/C15H17FN2O/c1-10-7-12(5-6-18-10)14(17)9-11-3-4-15(19-2)13(16)8-11/h3-8,14H,9,17H2,1-2H3. The van der Waals surface area contributed by atoms with Crippen molar-refractivity contribution in [1.29, 1.82) is 0 Å². The van der Waals surface area contributed by atoms with E-state index in [9.17, 15) is 4.39 Å². The van der Waals surface area contributed by atoms with Crippen LogP contribution in [0.1, 0.15) is 22.9 Å². The van der Waals surface area contributed by atoms with Gasteiger partial charge in [-0.1, -0.05) is 6.07 Å². The van der Waals surface area contributed by atoms with Crippen LogP contribution in [0.15, 0.2) is 36.5 Å². The quantitative estimate of drug-likeness (QED) is 0.919. The molecule has 1 atom stereocenters. The van der Waals surface area contributed by atoms with Gasteiger partial charge in [0.2, 0.25) is 0 Å². The van der Waals surface area contributed by atoms with Crippen LogP contribution >= 0.6 is 0 Å². The summed E-state index contributed by atoms with van der Waals surface area (Å²) >= 11 is 0. The molecule has 0 aliphatic heterocycles. The first kappa shape index (κ1) is 13.5. The predicted octanol–water partition coefficient (Wildman–Crippen LogP) is 2.78. The van der Waals surface area contributed by atoms with Gasteiger partial charge in [0.05, 0.1) is 7.11 Å². The minimum atomic E-state index is -0.363. The number of aromatic nitrogens is 1. The highest BCUT2D eigenvalue weighted by atomic mass is 19.1. The lowest BCUT2D eigenvalue weighted by Crippen LogP contribution is -2.13. The van der Waals surface area contributed by atoms with E-state index in [0.29, 0.717) is 6.42 Å². The van der Waals surface area contributed by atoms with Crippen molar-refractivity contribution in [2.75, 3.05) is 7.11 Å². The summed E-state index contributed by atoms with van der Waals surface area (Å²) in [4.78, 5) is 4.13. The van der Waals surface area contributed by atoms with Gasteiger partial charge in [-0.3, -0.25) is 4.98 Å². The highest BCUT2D eigenvalue weighted by molar-refractivity contribution is 5.31. The zero-order valence-corrected chi connectivity index (χ0v) is 11.1. The van der Waals surface area contributed by atoms with Crippen LogP contribution in [0.5, 0.6) is 5.75 Å². The van der Waals surface area contributed by atoms with E-state index in [0.717, 1.165) is 16.8 Å². The number of rotatable bonds is 4. The minimum absolute atomic E-state index is 0.172. The molecule has 19 heavy (non-hydrogen) atoms. The fraction of sp³-hybridized carbons (Fsp3) is 0.267. The maximum Gasteiger partial charge on any atom is 0.165 e. The number of methoxy groups -OCH3 is 1. The second-order valence-electron chi connectivity index (χ2n) is 4.51. The molecule has 4 heteroatoms. The van der Waals surface area contributed by atoms with Crippen molar-refractivity contribution in [1.82, 2.24) is 4.98 Å². The van der Waals surface area contributed by atoms with Gasteiger partial charge >= 0.3 is 0 Å². The van der Waals surface area contributed by atoms with Crippen molar-refractivity contribution in [2.45, 2.75) is 19.4 Å². The van der Waals surface area contributed by atoms with E-state index < -0.39 is 0 Å². The van der Waals surface area contributed by atoms with E-state index in [2.05, 4.69) is 4.98 Å². The van der Waals surface area contributed by atoms with Crippen LogP contribution in [0.2, 0.25) is 0 Å². The molecule has 0 aliphatic carbocycles. The number of nitrogens with zero attached hydrogens (tertiary/aromatic N) is 1. The molecule has 1 aromatic carbocycles. The van der Waals surface area contributed by atoms with E-state index in [-0.39, 0.29) is 17.6 Å². The molecule has 0 radical (unpaired) electrons. The fourth-order valence-electron chi connectivity index (χ4n) is 2.01. The second-order valence-corrected chi connectivity index (χ2v) is 4.51. The number of hydrogen-bond acceptors (Lipinski definition) is 3. The number of hydrogen-bond donors (Lipinski definition) is 1. The molecular formula is C15H17FN2O. The van der Waals surface area contributed by atoms with Crippen LogP contribution in [-0.4, -0.2) is 12.1 Å². The monoisotopic (exact) mass is 260 g/mol. The summed E-state index contributed by atoms with van der Waals surface area (Å²) in [6, 6.07) is 8.58. The molecule has 0 fully saturated rings. The summed E-state index contributed by atoms with van der Waals surface area (Å²) < 4.78 is 18.5. The lowest BCUT2D eigenvalue weighted by Gasteiger charge is -2.13. The third-order valence-corrected chi connectivity index (χ3v) is 3.02. The Hall–Kier alpha value is -1.94. The van der Waals surface area contributed by atoms with Crippen LogP contribution in [0.4, 0.5) is 4.39 Å². The molecule has 2 N–H and O–H groups in total. The summed E-state index contributed by atoms with van der Waals surface area (Å²) in [6.45, 7) is 1.92. The van der Waals surface area contributed by atoms with Gasteiger partial charge in [0, 0.05) is 17.9 Å². The Labute approximate surface area is 112 Å². The Morgan fingerprint density at radius 3 is 2.74 bits per heavy atom. The van der Waals surface area contributed by atoms with Crippen molar-refractivity contribution in [3.63, 3.8) is 0 Å². The first-order chi connectivity index (χ1) is 9.10. The Morgan fingerprint density at radius 1 is 1.32 bits per heavy atom. The fourth-order valence-corrected chi connectivity index (χ4v) is 2.01. The summed E-state index contributed by atoms with van der Waals surface area (Å²) in [6.07, 6.45) is 2.31. The van der Waals surface area contributed by atoms with Gasteiger partial charge in [-0.25, -0.2) is 4.39 Å². The smallest absolute Gasteiger partial charge is 0.165 e. The van der Waals surface area contributed by atoms with Gasteiger partial charge in [-0.2, -0.15) is 0 Å². The number of pyridine rings is 1. The number of ether oxygens (including phenoxy) is 1. The maximum atomic E-state index is 13.6. The maximum absolute atomic E-state index is 13.6. The highest BCUT2D eigenvalue weighted by Gasteiger charge is 2.10. The van der Waals surface area contributed by atoms with E-state index in [1.54, 1.807) is 12.3 Å². The molecule has 0 saturated carbocycles. The molecule has 2 rings (SSSR count). The third kappa shape index (κ3) is 3.29. The van der Waals surface area contributed by atoms with Gasteiger partial charge < -0.3 is 10.5 Å². The number of benzene rings is 1. The van der Waals surface area contributed by atoms with Crippen LogP contribution in [0, 0.1) is 12.7 Å². The molecule has 0 spiro atoms. The van der Waals surface area contributed by atoms with Gasteiger partial charge in [-0.05, 0) is 48.7 Å². The second kappa shape index (κ2) is 5.80. The number of aryl methyl sites for hydroxylation is 1. The van der Waals surface area contributed by atoms with E-state index >= 15 is 0 Å². The predicted molar refractivity (Wildman–Crippen MR) is 72.6 cm³/mol. The van der Waals surface area contributed by atoms with Gasteiger partial charge in [0.15, 0.2) is 11.6 Å². The minimum Gasteiger partial charge on any atom is -0.494 e. The number of nitrogens with two attached hydrogens (primary N) is 1. The Balaban J connectivity index is 2.14. The lowest BCUT2D eigenvalue weighted by molar-refractivity contribution is 0.386. The Bertz CT molecular complexity index is 572. The van der Waals surface area contributed by atoms with Crippen molar-refractivity contribution >= 4 is 0 Å². The Morgan fingerprint density at radius 2 is 2.11 bits per heavy atom. The van der Waals surface area contributed by atoms with Crippen LogP contribution < -0.4 is 10.5 Å². The van der Waals surface area contributed by atoms with E-state index in [4.69, 9.17) is 10.5 Å².